The molecule has 1 saturated heterocycles. The number of pyridine rings is 1. The van der Waals surface area contributed by atoms with Crippen molar-refractivity contribution in [3.63, 3.8) is 0 Å². The average molecular weight is 438 g/mol. The Bertz CT molecular complexity index is 1020. The van der Waals surface area contributed by atoms with Crippen molar-refractivity contribution in [2.24, 2.45) is 0 Å². The lowest BCUT2D eigenvalue weighted by Gasteiger charge is -2.37. The molecule has 0 aliphatic carbocycles. The number of benzene rings is 1. The van der Waals surface area contributed by atoms with Gasteiger partial charge in [0.15, 0.2) is 18.1 Å². The third-order valence-electron chi connectivity index (χ3n) is 6.71. The van der Waals surface area contributed by atoms with E-state index in [0.29, 0.717) is 6.54 Å². The average Bonchev–Trinajstić information content (AvgIpc) is 2.76. The van der Waals surface area contributed by atoms with Crippen molar-refractivity contribution in [1.29, 1.82) is 0 Å². The van der Waals surface area contributed by atoms with Gasteiger partial charge in [-0.25, -0.2) is 9.78 Å². The highest BCUT2D eigenvalue weighted by Crippen LogP contribution is 2.28. The molecule has 2 aliphatic rings. The number of nitrogens with zero attached hydrogens (tertiary/aromatic N) is 3. The van der Waals surface area contributed by atoms with Crippen LogP contribution in [0, 0.1) is 0 Å². The molecule has 2 amide bonds. The number of carbonyl (C=O) groups is 2. The number of carbonyl (C=O) groups excluding carboxylic acids is 2. The molecular formula is C25H35N5O2+2. The van der Waals surface area contributed by atoms with Crippen LogP contribution in [0.2, 0.25) is 0 Å². The number of piperazine rings is 1. The van der Waals surface area contributed by atoms with Crippen molar-refractivity contribution in [3.05, 3.63) is 42.0 Å². The first-order valence-corrected chi connectivity index (χ1v) is 11.4. The molecule has 0 spiro atoms. The number of amides is 2. The number of hydrogen-bond donors (Lipinski definition) is 2. The van der Waals surface area contributed by atoms with Crippen LogP contribution in [0.5, 0.6) is 0 Å². The van der Waals surface area contributed by atoms with Crippen LogP contribution in [0.4, 0.5) is 11.5 Å². The molecule has 0 saturated carbocycles. The van der Waals surface area contributed by atoms with E-state index in [-0.39, 0.29) is 17.4 Å². The van der Waals surface area contributed by atoms with Gasteiger partial charge in [0.2, 0.25) is 0 Å². The molecule has 1 fully saturated rings. The van der Waals surface area contributed by atoms with Crippen molar-refractivity contribution in [2.75, 3.05) is 44.7 Å². The standard InChI is InChI=1S/C25H33N5O2/c1-18(31)29-13-11-28(12-14-29)16-19-7-6-8-20(15-19)21-9-10-22-24(26-21)27(5)23(32)17-30(22)25(2,3)4/h6-10,15H,11-14,16-17H2,1-5H3/p+2. The first-order chi connectivity index (χ1) is 15.1. The van der Waals surface area contributed by atoms with Gasteiger partial charge in [0.05, 0.1) is 31.2 Å². The second kappa shape index (κ2) is 8.73. The summed E-state index contributed by atoms with van der Waals surface area (Å²) in [6, 6.07) is 12.7. The molecule has 1 atom stereocenters. The number of quaternary nitrogens is 2. The van der Waals surface area contributed by atoms with Gasteiger partial charge in [-0.15, -0.1) is 0 Å². The van der Waals surface area contributed by atoms with Gasteiger partial charge in [0, 0.05) is 38.3 Å². The molecule has 0 bridgehead atoms. The smallest absolute Gasteiger partial charge is 0.290 e. The number of likely N-dealkylation sites (N-methyl/N-ethyl adjacent to an activating group) is 1. The van der Waals surface area contributed by atoms with E-state index >= 15 is 0 Å². The minimum absolute atomic E-state index is 0.0804. The fourth-order valence-electron chi connectivity index (χ4n) is 4.67. The van der Waals surface area contributed by atoms with E-state index in [0.717, 1.165) is 65.3 Å². The molecular weight excluding hydrogens is 402 g/mol. The van der Waals surface area contributed by atoms with Gasteiger partial charge in [-0.05, 0) is 38.5 Å². The molecule has 2 N–H and O–H groups in total. The molecule has 2 aliphatic heterocycles. The monoisotopic (exact) mass is 437 g/mol. The minimum atomic E-state index is -0.0804. The third kappa shape index (κ3) is 4.60. The quantitative estimate of drug-likeness (QED) is 0.725. The molecule has 32 heavy (non-hydrogen) atoms. The van der Waals surface area contributed by atoms with E-state index in [1.807, 2.05) is 7.05 Å². The number of nitrogens with one attached hydrogen (secondary N) is 2. The molecule has 7 heteroatoms. The Labute approximate surface area is 190 Å². The number of hydrogen-bond acceptors (Lipinski definition) is 4. The van der Waals surface area contributed by atoms with Gasteiger partial charge < -0.3 is 0 Å². The van der Waals surface area contributed by atoms with Crippen molar-refractivity contribution in [3.8, 4) is 11.3 Å². The highest BCUT2D eigenvalue weighted by molar-refractivity contribution is 5.96. The zero-order chi connectivity index (χ0) is 23.0. The van der Waals surface area contributed by atoms with Crippen LogP contribution in [-0.4, -0.2) is 67.0 Å². The lowest BCUT2D eigenvalue weighted by molar-refractivity contribution is -0.876. The lowest BCUT2D eigenvalue weighted by atomic mass is 10.0. The van der Waals surface area contributed by atoms with Gasteiger partial charge in [0.25, 0.3) is 5.91 Å². The summed E-state index contributed by atoms with van der Waals surface area (Å²) in [6.45, 7) is 13.0. The summed E-state index contributed by atoms with van der Waals surface area (Å²) in [7, 11) is 1.82. The van der Waals surface area contributed by atoms with E-state index in [4.69, 9.17) is 4.98 Å². The molecule has 1 aromatic carbocycles. The fraction of sp³-hybridized carbons (Fsp3) is 0.480. The summed E-state index contributed by atoms with van der Waals surface area (Å²) in [6.07, 6.45) is 0. The summed E-state index contributed by atoms with van der Waals surface area (Å²) < 4.78 is 0. The molecule has 4 rings (SSSR count). The van der Waals surface area contributed by atoms with Gasteiger partial charge in [-0.3, -0.25) is 24.4 Å². The molecule has 170 valence electrons. The maximum atomic E-state index is 12.6. The van der Waals surface area contributed by atoms with Gasteiger partial charge >= 0.3 is 5.91 Å². The Hall–Kier alpha value is -2.61. The van der Waals surface area contributed by atoms with E-state index in [9.17, 15) is 9.59 Å². The Morgan fingerprint density at radius 1 is 1.12 bits per heavy atom. The Morgan fingerprint density at radius 3 is 2.50 bits per heavy atom. The predicted molar refractivity (Wildman–Crippen MR) is 125 cm³/mol. The molecule has 7 nitrogen and oxygen atoms in total. The number of aromatic nitrogens is 1. The highest BCUT2D eigenvalue weighted by atomic mass is 16.2. The number of anilines is 1. The lowest BCUT2D eigenvalue weighted by Crippen LogP contribution is -3.16. The van der Waals surface area contributed by atoms with Gasteiger partial charge in [-0.2, -0.15) is 0 Å². The topological polar surface area (TPSA) is 62.4 Å². The second-order valence-corrected chi connectivity index (χ2v) is 10.1. The van der Waals surface area contributed by atoms with Crippen molar-refractivity contribution in [2.45, 2.75) is 39.8 Å². The summed E-state index contributed by atoms with van der Waals surface area (Å²) in [4.78, 5) is 35.5. The van der Waals surface area contributed by atoms with Crippen LogP contribution in [-0.2, 0) is 16.1 Å². The Morgan fingerprint density at radius 2 is 1.84 bits per heavy atom. The normalized spacial score (nSPS) is 20.3. The summed E-state index contributed by atoms with van der Waals surface area (Å²) in [5, 5.41) is 0. The number of fused-ring (bicyclic) bond motifs is 1. The summed E-state index contributed by atoms with van der Waals surface area (Å²) in [5.74, 6) is 1.07. The second-order valence-electron chi connectivity index (χ2n) is 10.1. The van der Waals surface area contributed by atoms with Crippen LogP contribution in [0.1, 0.15) is 33.3 Å². The molecule has 2 aromatic rings. The zero-order valence-corrected chi connectivity index (χ0v) is 19.9. The minimum Gasteiger partial charge on any atom is -0.290 e. The zero-order valence-electron chi connectivity index (χ0n) is 19.9. The van der Waals surface area contributed by atoms with E-state index in [2.05, 4.69) is 62.1 Å². The van der Waals surface area contributed by atoms with E-state index in [1.54, 1.807) is 11.8 Å². The first kappa shape index (κ1) is 22.6. The highest BCUT2D eigenvalue weighted by Gasteiger charge is 2.39. The summed E-state index contributed by atoms with van der Waals surface area (Å²) >= 11 is 0. The third-order valence-corrected chi connectivity index (χ3v) is 6.71. The van der Waals surface area contributed by atoms with Crippen molar-refractivity contribution >= 4 is 23.3 Å². The maximum absolute atomic E-state index is 12.6. The molecule has 1 aromatic heterocycles. The number of rotatable bonds is 3. The van der Waals surface area contributed by atoms with Gasteiger partial charge in [0.1, 0.15) is 0 Å². The SMILES string of the molecule is CC(=O)[NH+]1CCN(Cc2cccc(-c3ccc4c(n3)N(C)C(=O)C[NH+]4C(C)(C)C)c2)CC1. The maximum Gasteiger partial charge on any atom is 0.309 e. The largest absolute Gasteiger partial charge is 0.309 e. The Balaban J connectivity index is 1.56. The Kier molecular flexibility index (Phi) is 6.16. The molecule has 0 radical (unpaired) electrons. The van der Waals surface area contributed by atoms with Crippen LogP contribution in [0.15, 0.2) is 36.4 Å². The van der Waals surface area contributed by atoms with Crippen molar-refractivity contribution < 1.29 is 19.4 Å². The summed E-state index contributed by atoms with van der Waals surface area (Å²) in [5.41, 5.74) is 4.17. The van der Waals surface area contributed by atoms with E-state index < -0.39 is 0 Å². The van der Waals surface area contributed by atoms with Crippen LogP contribution < -0.4 is 14.7 Å². The van der Waals surface area contributed by atoms with E-state index in [1.165, 1.54) is 5.56 Å². The fourth-order valence-corrected chi connectivity index (χ4v) is 4.67. The first-order valence-electron chi connectivity index (χ1n) is 11.4. The van der Waals surface area contributed by atoms with Crippen molar-refractivity contribution in [1.82, 2.24) is 9.88 Å². The molecule has 1 unspecified atom stereocenters. The predicted octanol–water partition coefficient (Wildman–Crippen LogP) is 0.287. The van der Waals surface area contributed by atoms with Crippen LogP contribution >= 0.6 is 0 Å². The molecule has 3 heterocycles. The van der Waals surface area contributed by atoms with Gasteiger partial charge in [-0.1, -0.05) is 18.2 Å². The van der Waals surface area contributed by atoms with Crippen LogP contribution in [0.25, 0.3) is 11.3 Å². The van der Waals surface area contributed by atoms with Crippen LogP contribution in [0.3, 0.4) is 0 Å².